The number of hydrogen-bond donors (Lipinski definition) is 1. The molecule has 1 heterocycles. The summed E-state index contributed by atoms with van der Waals surface area (Å²) in [5, 5.41) is 12.7. The van der Waals surface area contributed by atoms with Gasteiger partial charge in [0.1, 0.15) is 0 Å². The van der Waals surface area contributed by atoms with E-state index in [1.807, 2.05) is 17.1 Å². The predicted molar refractivity (Wildman–Crippen MR) is 102 cm³/mol. The SMILES string of the molecule is CCCCCCC#CCN1CCC(=O)N1CCc1ccc(C(=O)O)cc1. The molecule has 1 saturated heterocycles. The quantitative estimate of drug-likeness (QED) is 0.544. The van der Waals surface area contributed by atoms with Crippen molar-refractivity contribution in [2.24, 2.45) is 0 Å². The van der Waals surface area contributed by atoms with Crippen LogP contribution in [0.4, 0.5) is 0 Å². The van der Waals surface area contributed by atoms with E-state index in [0.29, 0.717) is 25.9 Å². The Morgan fingerprint density at radius 2 is 1.92 bits per heavy atom. The second kappa shape index (κ2) is 10.6. The number of hydrogen-bond acceptors (Lipinski definition) is 3. The smallest absolute Gasteiger partial charge is 0.335 e. The summed E-state index contributed by atoms with van der Waals surface area (Å²) >= 11 is 0. The van der Waals surface area contributed by atoms with E-state index < -0.39 is 5.97 Å². The Balaban J connectivity index is 1.79. The molecule has 1 aromatic carbocycles. The van der Waals surface area contributed by atoms with Crippen LogP contribution in [-0.4, -0.2) is 46.6 Å². The summed E-state index contributed by atoms with van der Waals surface area (Å²) in [6.07, 6.45) is 7.05. The summed E-state index contributed by atoms with van der Waals surface area (Å²) in [4.78, 5) is 23.0. The Hall–Kier alpha value is -2.32. The molecule has 140 valence electrons. The predicted octanol–water partition coefficient (Wildman–Crippen LogP) is 3.35. The molecule has 1 aliphatic heterocycles. The summed E-state index contributed by atoms with van der Waals surface area (Å²) in [6.45, 7) is 4.12. The first-order chi connectivity index (χ1) is 12.6. The minimum absolute atomic E-state index is 0.136. The molecule has 0 aliphatic carbocycles. The van der Waals surface area contributed by atoms with Crippen LogP contribution in [0, 0.1) is 11.8 Å². The molecule has 1 aliphatic rings. The Labute approximate surface area is 156 Å². The molecule has 5 nitrogen and oxygen atoms in total. The molecule has 2 rings (SSSR count). The highest BCUT2D eigenvalue weighted by Gasteiger charge is 2.27. The van der Waals surface area contributed by atoms with Crippen LogP contribution in [0.15, 0.2) is 24.3 Å². The number of unbranched alkanes of at least 4 members (excludes halogenated alkanes) is 4. The van der Waals surface area contributed by atoms with Crippen LogP contribution in [0.3, 0.4) is 0 Å². The first kappa shape index (κ1) is 20.0. The molecule has 0 saturated carbocycles. The van der Waals surface area contributed by atoms with Crippen molar-refractivity contribution in [3.05, 3.63) is 35.4 Å². The molecule has 26 heavy (non-hydrogen) atoms. The second-order valence-electron chi connectivity index (χ2n) is 6.57. The average Bonchev–Trinajstić information content (AvgIpc) is 2.99. The zero-order valence-electron chi connectivity index (χ0n) is 15.5. The lowest BCUT2D eigenvalue weighted by molar-refractivity contribution is -0.137. The van der Waals surface area contributed by atoms with Gasteiger partial charge in [-0.25, -0.2) is 9.80 Å². The van der Waals surface area contributed by atoms with Gasteiger partial charge in [-0.15, -0.1) is 5.92 Å². The number of amides is 1. The van der Waals surface area contributed by atoms with Crippen molar-refractivity contribution in [2.45, 2.75) is 51.9 Å². The van der Waals surface area contributed by atoms with E-state index >= 15 is 0 Å². The van der Waals surface area contributed by atoms with E-state index in [4.69, 9.17) is 5.11 Å². The molecule has 0 radical (unpaired) electrons. The van der Waals surface area contributed by atoms with Crippen molar-refractivity contribution < 1.29 is 14.7 Å². The van der Waals surface area contributed by atoms with Crippen LogP contribution in [0.1, 0.15) is 61.4 Å². The fraction of sp³-hybridized carbons (Fsp3) is 0.524. The number of carbonyl (C=O) groups excluding carboxylic acids is 1. The molecule has 0 atom stereocenters. The summed E-state index contributed by atoms with van der Waals surface area (Å²) in [6, 6.07) is 6.82. The van der Waals surface area contributed by atoms with Crippen LogP contribution in [0.5, 0.6) is 0 Å². The molecule has 1 aromatic rings. The van der Waals surface area contributed by atoms with E-state index in [9.17, 15) is 9.59 Å². The van der Waals surface area contributed by atoms with Crippen molar-refractivity contribution >= 4 is 11.9 Å². The van der Waals surface area contributed by atoms with Crippen molar-refractivity contribution in [3.63, 3.8) is 0 Å². The zero-order chi connectivity index (χ0) is 18.8. The molecule has 1 N–H and O–H groups in total. The first-order valence-electron chi connectivity index (χ1n) is 9.45. The second-order valence-corrected chi connectivity index (χ2v) is 6.57. The minimum atomic E-state index is -0.925. The lowest BCUT2D eigenvalue weighted by Gasteiger charge is -2.26. The van der Waals surface area contributed by atoms with Gasteiger partial charge in [0, 0.05) is 25.9 Å². The molecule has 1 amide bonds. The van der Waals surface area contributed by atoms with Crippen molar-refractivity contribution in [1.82, 2.24) is 10.0 Å². The fourth-order valence-electron chi connectivity index (χ4n) is 2.99. The fourth-order valence-corrected chi connectivity index (χ4v) is 2.99. The van der Waals surface area contributed by atoms with Crippen LogP contribution in [0.25, 0.3) is 0 Å². The summed E-state index contributed by atoms with van der Waals surface area (Å²) in [5.74, 6) is 5.61. The van der Waals surface area contributed by atoms with Crippen molar-refractivity contribution in [1.29, 1.82) is 0 Å². The Bertz CT molecular complexity index is 658. The number of rotatable bonds is 9. The zero-order valence-corrected chi connectivity index (χ0v) is 15.5. The van der Waals surface area contributed by atoms with Gasteiger partial charge in [0.15, 0.2) is 0 Å². The molecule has 0 aromatic heterocycles. The Morgan fingerprint density at radius 3 is 2.62 bits per heavy atom. The highest BCUT2D eigenvalue weighted by Crippen LogP contribution is 2.13. The van der Waals surface area contributed by atoms with Gasteiger partial charge < -0.3 is 5.11 Å². The number of benzene rings is 1. The molecule has 0 unspecified atom stereocenters. The lowest BCUT2D eigenvalue weighted by Crippen LogP contribution is -2.40. The highest BCUT2D eigenvalue weighted by atomic mass is 16.4. The molecule has 0 bridgehead atoms. The summed E-state index contributed by atoms with van der Waals surface area (Å²) in [7, 11) is 0. The van der Waals surface area contributed by atoms with Crippen molar-refractivity contribution in [2.75, 3.05) is 19.6 Å². The molecule has 1 fully saturated rings. The highest BCUT2D eigenvalue weighted by molar-refractivity contribution is 5.87. The number of nitrogens with zero attached hydrogens (tertiary/aromatic N) is 2. The van der Waals surface area contributed by atoms with Gasteiger partial charge >= 0.3 is 5.97 Å². The maximum atomic E-state index is 12.1. The van der Waals surface area contributed by atoms with Gasteiger partial charge in [-0.1, -0.05) is 44.2 Å². The maximum Gasteiger partial charge on any atom is 0.335 e. The van der Waals surface area contributed by atoms with E-state index in [1.54, 1.807) is 17.1 Å². The number of carbonyl (C=O) groups is 2. The van der Waals surface area contributed by atoms with Crippen molar-refractivity contribution in [3.8, 4) is 11.8 Å². The molecule has 0 spiro atoms. The first-order valence-corrected chi connectivity index (χ1v) is 9.45. The van der Waals surface area contributed by atoms with E-state index in [1.165, 1.54) is 19.3 Å². The van der Waals surface area contributed by atoms with Gasteiger partial charge in [-0.05, 0) is 30.5 Å². The minimum Gasteiger partial charge on any atom is -0.478 e. The third-order valence-electron chi connectivity index (χ3n) is 4.57. The third kappa shape index (κ3) is 6.20. The van der Waals surface area contributed by atoms with E-state index in [0.717, 1.165) is 24.9 Å². The molecular weight excluding hydrogens is 328 g/mol. The number of hydrazine groups is 1. The topological polar surface area (TPSA) is 60.9 Å². The Kier molecular flexibility index (Phi) is 8.17. The monoisotopic (exact) mass is 356 g/mol. The normalized spacial score (nSPS) is 14.3. The van der Waals surface area contributed by atoms with Crippen LogP contribution in [-0.2, 0) is 11.2 Å². The van der Waals surface area contributed by atoms with Gasteiger partial charge in [-0.2, -0.15) is 0 Å². The molecular formula is C21H28N2O3. The van der Waals surface area contributed by atoms with Crippen LogP contribution in [0.2, 0.25) is 0 Å². The number of carboxylic acid groups (broad SMARTS) is 1. The van der Waals surface area contributed by atoms with Gasteiger partial charge in [0.25, 0.3) is 0 Å². The maximum absolute atomic E-state index is 12.1. The van der Waals surface area contributed by atoms with E-state index in [2.05, 4.69) is 18.8 Å². The van der Waals surface area contributed by atoms with Gasteiger partial charge in [-0.3, -0.25) is 9.80 Å². The summed E-state index contributed by atoms with van der Waals surface area (Å²) < 4.78 is 0. The Morgan fingerprint density at radius 1 is 1.15 bits per heavy atom. The lowest BCUT2D eigenvalue weighted by atomic mass is 10.1. The third-order valence-corrected chi connectivity index (χ3v) is 4.57. The summed E-state index contributed by atoms with van der Waals surface area (Å²) in [5.41, 5.74) is 1.30. The largest absolute Gasteiger partial charge is 0.478 e. The van der Waals surface area contributed by atoms with Crippen LogP contribution < -0.4 is 0 Å². The molecule has 5 heteroatoms. The number of carboxylic acids is 1. The average molecular weight is 356 g/mol. The number of aromatic carboxylic acids is 1. The van der Waals surface area contributed by atoms with Gasteiger partial charge in [0.2, 0.25) is 5.91 Å². The van der Waals surface area contributed by atoms with E-state index in [-0.39, 0.29) is 11.5 Å². The standard InChI is InChI=1S/C21H28N2O3/c1-2-3-4-5-6-7-8-15-22-16-14-20(24)23(22)17-13-18-9-11-19(12-10-18)21(25)26/h9-12H,2-6,13-17H2,1H3,(H,25,26). The van der Waals surface area contributed by atoms with Gasteiger partial charge in [0.05, 0.1) is 12.1 Å². The van der Waals surface area contributed by atoms with Crippen LogP contribution >= 0.6 is 0 Å².